The third-order valence-electron chi connectivity index (χ3n) is 4.93. The summed E-state index contributed by atoms with van der Waals surface area (Å²) in [5.41, 5.74) is 0.778. The summed E-state index contributed by atoms with van der Waals surface area (Å²) >= 11 is 0. The Morgan fingerprint density at radius 2 is 1.85 bits per heavy atom. The van der Waals surface area contributed by atoms with E-state index in [1.807, 2.05) is 0 Å². The van der Waals surface area contributed by atoms with Gasteiger partial charge in [-0.25, -0.2) is 4.39 Å². The maximum Gasteiger partial charge on any atom is 0.145 e. The molecule has 0 aliphatic carbocycles. The topological polar surface area (TPSA) is 28.2 Å². The smallest absolute Gasteiger partial charge is 0.145 e. The average Bonchev–Trinajstić information content (AvgIpc) is 2.51. The van der Waals surface area contributed by atoms with Gasteiger partial charge in [-0.1, -0.05) is 0 Å². The monoisotopic (exact) mass is 277 g/mol. The van der Waals surface area contributed by atoms with E-state index < -0.39 is 0 Å². The fourth-order valence-corrected chi connectivity index (χ4v) is 3.67. The van der Waals surface area contributed by atoms with Crippen LogP contribution in [0.1, 0.15) is 31.2 Å². The molecule has 4 heteroatoms. The van der Waals surface area contributed by atoms with Gasteiger partial charge in [-0.2, -0.15) is 0 Å². The molecule has 3 rings (SSSR count). The van der Waals surface area contributed by atoms with Crippen molar-refractivity contribution in [2.24, 2.45) is 11.8 Å². The molecule has 0 radical (unpaired) electrons. The highest BCUT2D eigenvalue weighted by Gasteiger charge is 2.27. The first-order valence-corrected chi connectivity index (χ1v) is 7.84. The summed E-state index contributed by atoms with van der Waals surface area (Å²) in [7, 11) is 0. The van der Waals surface area contributed by atoms with Crippen molar-refractivity contribution in [2.75, 3.05) is 26.2 Å². The average molecular weight is 277 g/mol. The van der Waals surface area contributed by atoms with Crippen LogP contribution in [0.15, 0.2) is 18.5 Å². The van der Waals surface area contributed by atoms with E-state index in [1.165, 1.54) is 45.0 Å². The van der Waals surface area contributed by atoms with Crippen molar-refractivity contribution in [1.29, 1.82) is 0 Å². The minimum absolute atomic E-state index is 0.173. The van der Waals surface area contributed by atoms with Gasteiger partial charge in [0.1, 0.15) is 5.82 Å². The van der Waals surface area contributed by atoms with Crippen molar-refractivity contribution in [3.63, 3.8) is 0 Å². The van der Waals surface area contributed by atoms with Crippen LogP contribution in [0, 0.1) is 17.7 Å². The minimum Gasteiger partial charge on any atom is -0.317 e. The number of nitrogens with zero attached hydrogens (tertiary/aromatic N) is 2. The molecule has 0 aromatic carbocycles. The molecule has 110 valence electrons. The van der Waals surface area contributed by atoms with Crippen LogP contribution in [0.2, 0.25) is 0 Å². The lowest BCUT2D eigenvalue weighted by molar-refractivity contribution is 0.125. The molecule has 20 heavy (non-hydrogen) atoms. The second kappa shape index (κ2) is 6.64. The second-order valence-corrected chi connectivity index (χ2v) is 6.17. The molecular weight excluding hydrogens is 253 g/mol. The third-order valence-corrected chi connectivity index (χ3v) is 4.93. The summed E-state index contributed by atoms with van der Waals surface area (Å²) in [4.78, 5) is 6.20. The molecule has 0 unspecified atom stereocenters. The number of hydrogen-bond donors (Lipinski definition) is 1. The van der Waals surface area contributed by atoms with E-state index in [0.717, 1.165) is 37.0 Å². The maximum absolute atomic E-state index is 13.6. The lowest BCUT2D eigenvalue weighted by Crippen LogP contribution is -2.39. The van der Waals surface area contributed by atoms with E-state index >= 15 is 0 Å². The van der Waals surface area contributed by atoms with Crippen molar-refractivity contribution in [3.05, 3.63) is 29.8 Å². The van der Waals surface area contributed by atoms with Crippen LogP contribution < -0.4 is 5.32 Å². The molecule has 3 heterocycles. The highest BCUT2D eigenvalue weighted by atomic mass is 19.1. The van der Waals surface area contributed by atoms with Crippen LogP contribution in [0.25, 0.3) is 0 Å². The van der Waals surface area contributed by atoms with E-state index in [2.05, 4.69) is 15.2 Å². The molecule has 1 N–H and O–H groups in total. The van der Waals surface area contributed by atoms with Gasteiger partial charge in [0.05, 0.1) is 6.20 Å². The standard InChI is InChI=1S/C16H24FN3/c17-16-11-19-8-3-15(16)12-20-9-4-14(5-10-20)13-1-6-18-7-2-13/h3,8,11,13-14,18H,1-2,4-7,9-10,12H2. The van der Waals surface area contributed by atoms with E-state index in [1.54, 1.807) is 12.3 Å². The quantitative estimate of drug-likeness (QED) is 0.920. The highest BCUT2D eigenvalue weighted by Crippen LogP contribution is 2.31. The van der Waals surface area contributed by atoms with Gasteiger partial charge in [-0.05, 0) is 69.8 Å². The summed E-state index contributed by atoms with van der Waals surface area (Å²) in [6.07, 6.45) is 8.22. The maximum atomic E-state index is 13.6. The molecule has 2 saturated heterocycles. The molecule has 0 spiro atoms. The zero-order valence-electron chi connectivity index (χ0n) is 12.0. The third kappa shape index (κ3) is 3.36. The van der Waals surface area contributed by atoms with Gasteiger partial charge >= 0.3 is 0 Å². The van der Waals surface area contributed by atoms with Crippen molar-refractivity contribution >= 4 is 0 Å². The van der Waals surface area contributed by atoms with E-state index in [-0.39, 0.29) is 5.82 Å². The largest absolute Gasteiger partial charge is 0.317 e. The predicted octanol–water partition coefficient (Wildman–Crippen LogP) is 2.43. The zero-order valence-corrected chi connectivity index (χ0v) is 12.0. The van der Waals surface area contributed by atoms with Crippen molar-refractivity contribution in [1.82, 2.24) is 15.2 Å². The molecule has 2 aliphatic rings. The normalized spacial score (nSPS) is 23.1. The number of halogens is 1. The number of nitrogens with one attached hydrogen (secondary N) is 1. The molecule has 1 aromatic heterocycles. The molecule has 0 amide bonds. The molecule has 2 aliphatic heterocycles. The number of likely N-dealkylation sites (tertiary alicyclic amines) is 1. The van der Waals surface area contributed by atoms with Gasteiger partial charge < -0.3 is 5.32 Å². The minimum atomic E-state index is -0.173. The highest BCUT2D eigenvalue weighted by molar-refractivity contribution is 5.12. The van der Waals surface area contributed by atoms with Crippen LogP contribution >= 0.6 is 0 Å². The summed E-state index contributed by atoms with van der Waals surface area (Å²) in [6, 6.07) is 1.80. The van der Waals surface area contributed by atoms with Gasteiger partial charge in [0, 0.05) is 18.3 Å². The number of hydrogen-bond acceptors (Lipinski definition) is 3. The predicted molar refractivity (Wildman–Crippen MR) is 77.8 cm³/mol. The SMILES string of the molecule is Fc1cnccc1CN1CCC(C2CCNCC2)CC1. The molecule has 3 nitrogen and oxygen atoms in total. The molecular formula is C16H24FN3. The molecule has 0 saturated carbocycles. The zero-order chi connectivity index (χ0) is 13.8. The van der Waals surface area contributed by atoms with Crippen LogP contribution in [-0.2, 0) is 6.54 Å². The Morgan fingerprint density at radius 1 is 1.15 bits per heavy atom. The fraction of sp³-hybridized carbons (Fsp3) is 0.688. The Kier molecular flexibility index (Phi) is 4.63. The van der Waals surface area contributed by atoms with Crippen molar-refractivity contribution in [3.8, 4) is 0 Å². The Balaban J connectivity index is 1.50. The van der Waals surface area contributed by atoms with Gasteiger partial charge in [-0.3, -0.25) is 9.88 Å². The first-order chi connectivity index (χ1) is 9.83. The second-order valence-electron chi connectivity index (χ2n) is 6.17. The van der Waals surface area contributed by atoms with Gasteiger partial charge in [0.2, 0.25) is 0 Å². The number of pyridine rings is 1. The summed E-state index contributed by atoms with van der Waals surface area (Å²) < 4.78 is 13.6. The van der Waals surface area contributed by atoms with Gasteiger partial charge in [-0.15, -0.1) is 0 Å². The van der Waals surface area contributed by atoms with Crippen molar-refractivity contribution < 1.29 is 4.39 Å². The Bertz CT molecular complexity index is 423. The lowest BCUT2D eigenvalue weighted by Gasteiger charge is -2.37. The summed E-state index contributed by atoms with van der Waals surface area (Å²) in [6.45, 7) is 5.32. The molecule has 2 fully saturated rings. The van der Waals surface area contributed by atoms with Crippen LogP contribution in [0.5, 0.6) is 0 Å². The Hall–Kier alpha value is -1.00. The number of rotatable bonds is 3. The fourth-order valence-electron chi connectivity index (χ4n) is 3.67. The van der Waals surface area contributed by atoms with E-state index in [9.17, 15) is 4.39 Å². The van der Waals surface area contributed by atoms with Crippen LogP contribution in [-0.4, -0.2) is 36.1 Å². The molecule has 0 bridgehead atoms. The number of piperidine rings is 2. The van der Waals surface area contributed by atoms with Crippen LogP contribution in [0.4, 0.5) is 4.39 Å². The first-order valence-electron chi connectivity index (χ1n) is 7.84. The van der Waals surface area contributed by atoms with Crippen molar-refractivity contribution in [2.45, 2.75) is 32.2 Å². The van der Waals surface area contributed by atoms with Gasteiger partial charge in [0.25, 0.3) is 0 Å². The lowest BCUT2D eigenvalue weighted by atomic mass is 9.79. The van der Waals surface area contributed by atoms with Crippen LogP contribution in [0.3, 0.4) is 0 Å². The Labute approximate surface area is 120 Å². The summed E-state index contributed by atoms with van der Waals surface area (Å²) in [5.74, 6) is 1.62. The number of aromatic nitrogens is 1. The van der Waals surface area contributed by atoms with E-state index in [4.69, 9.17) is 0 Å². The first kappa shape index (κ1) is 14.0. The Morgan fingerprint density at radius 3 is 2.55 bits per heavy atom. The van der Waals surface area contributed by atoms with E-state index in [0.29, 0.717) is 0 Å². The van der Waals surface area contributed by atoms with Gasteiger partial charge in [0.15, 0.2) is 0 Å². The molecule has 1 aromatic rings. The summed E-state index contributed by atoms with van der Waals surface area (Å²) in [5, 5.41) is 3.44. The molecule has 0 atom stereocenters.